The molecule has 1 aliphatic carbocycles. The zero-order chi connectivity index (χ0) is 13.2. The molecule has 2 heterocycles. The first-order chi connectivity index (χ1) is 9.13. The maximum absolute atomic E-state index is 2.66. The van der Waals surface area contributed by atoms with E-state index in [4.69, 9.17) is 0 Å². The third-order valence-electron chi connectivity index (χ3n) is 5.35. The predicted octanol–water partition coefficient (Wildman–Crippen LogP) is 4.67. The summed E-state index contributed by atoms with van der Waals surface area (Å²) in [6.07, 6.45) is 1.28. The second kappa shape index (κ2) is 3.63. The van der Waals surface area contributed by atoms with E-state index in [0.717, 1.165) is 0 Å². The Morgan fingerprint density at radius 1 is 1.26 bits per heavy atom. The lowest BCUT2D eigenvalue weighted by Crippen LogP contribution is -2.42. The summed E-state index contributed by atoms with van der Waals surface area (Å²) in [5.41, 5.74) is 6.33. The number of rotatable bonds is 1. The lowest BCUT2D eigenvalue weighted by Gasteiger charge is -2.40. The van der Waals surface area contributed by atoms with Crippen LogP contribution in [0.4, 0.5) is 5.69 Å². The number of hydrogen-bond donors (Lipinski definition) is 0. The fourth-order valence-corrected chi connectivity index (χ4v) is 5.14. The molecule has 1 aromatic carbocycles. The van der Waals surface area contributed by atoms with Crippen molar-refractivity contribution in [2.45, 2.75) is 44.7 Å². The zero-order valence-electron chi connectivity index (χ0n) is 11.7. The van der Waals surface area contributed by atoms with Gasteiger partial charge in [-0.15, -0.1) is 0 Å². The highest BCUT2D eigenvalue weighted by atomic mass is 32.1. The smallest absolute Gasteiger partial charge is 0.0566 e. The Hall–Kier alpha value is -1.28. The molecule has 4 rings (SSSR count). The highest BCUT2D eigenvalue weighted by Gasteiger charge is 2.55. The second-order valence-corrected chi connectivity index (χ2v) is 6.99. The van der Waals surface area contributed by atoms with Crippen molar-refractivity contribution in [3.63, 3.8) is 0 Å². The molecule has 2 aromatic rings. The van der Waals surface area contributed by atoms with Gasteiger partial charge in [0.15, 0.2) is 0 Å². The summed E-state index contributed by atoms with van der Waals surface area (Å²) in [5, 5.41) is 4.74. The molecule has 3 unspecified atom stereocenters. The van der Waals surface area contributed by atoms with Gasteiger partial charge < -0.3 is 4.90 Å². The fraction of sp³-hybridized carbons (Fsp3) is 0.412. The molecule has 2 heteroatoms. The predicted molar refractivity (Wildman–Crippen MR) is 82.1 cm³/mol. The van der Waals surface area contributed by atoms with E-state index in [1.54, 1.807) is 11.1 Å². The van der Waals surface area contributed by atoms with E-state index in [2.05, 4.69) is 60.7 Å². The maximum atomic E-state index is 2.66. The topological polar surface area (TPSA) is 3.24 Å². The highest BCUT2D eigenvalue weighted by Crippen LogP contribution is 2.59. The number of anilines is 1. The summed E-state index contributed by atoms with van der Waals surface area (Å²) in [5.74, 6) is 0. The first kappa shape index (κ1) is 11.5. The Morgan fingerprint density at radius 3 is 2.84 bits per heavy atom. The third kappa shape index (κ3) is 1.30. The van der Waals surface area contributed by atoms with E-state index in [1.165, 1.54) is 17.7 Å². The van der Waals surface area contributed by atoms with Crippen LogP contribution in [0.25, 0.3) is 0 Å². The van der Waals surface area contributed by atoms with Gasteiger partial charge in [-0.2, -0.15) is 11.3 Å². The van der Waals surface area contributed by atoms with Crippen LogP contribution in [-0.2, 0) is 5.41 Å². The number of benzene rings is 1. The molecule has 2 bridgehead atoms. The molecule has 3 atom stereocenters. The fourth-order valence-electron chi connectivity index (χ4n) is 4.10. The van der Waals surface area contributed by atoms with Gasteiger partial charge in [0, 0.05) is 17.1 Å². The van der Waals surface area contributed by atoms with Gasteiger partial charge in [0.05, 0.1) is 6.04 Å². The molecular formula is C17H19NS. The van der Waals surface area contributed by atoms with Gasteiger partial charge >= 0.3 is 0 Å². The zero-order valence-corrected chi connectivity index (χ0v) is 12.5. The molecule has 0 spiro atoms. The van der Waals surface area contributed by atoms with Crippen molar-refractivity contribution in [3.8, 4) is 0 Å². The Morgan fingerprint density at radius 2 is 2.05 bits per heavy atom. The van der Waals surface area contributed by atoms with E-state index < -0.39 is 0 Å². The van der Waals surface area contributed by atoms with Crippen molar-refractivity contribution in [3.05, 3.63) is 51.7 Å². The van der Waals surface area contributed by atoms with Crippen LogP contribution in [0.2, 0.25) is 0 Å². The van der Waals surface area contributed by atoms with Crippen molar-refractivity contribution in [2.24, 2.45) is 0 Å². The molecular weight excluding hydrogens is 250 g/mol. The minimum atomic E-state index is 0.336. The summed E-state index contributed by atoms with van der Waals surface area (Å²) in [6.45, 7) is 7.07. The van der Waals surface area contributed by atoms with Crippen molar-refractivity contribution < 1.29 is 0 Å². The van der Waals surface area contributed by atoms with Gasteiger partial charge in [-0.1, -0.05) is 25.1 Å². The molecule has 0 radical (unpaired) electrons. The molecule has 1 fully saturated rings. The number of aryl methyl sites for hydroxylation is 1. The van der Waals surface area contributed by atoms with Crippen molar-refractivity contribution in [2.75, 3.05) is 4.90 Å². The lowest BCUT2D eigenvalue weighted by molar-refractivity contribution is 0.451. The van der Waals surface area contributed by atoms with Crippen LogP contribution in [0.1, 0.15) is 43.0 Å². The van der Waals surface area contributed by atoms with E-state index in [0.29, 0.717) is 17.5 Å². The first-order valence-corrected chi connectivity index (χ1v) is 7.98. The van der Waals surface area contributed by atoms with Crippen molar-refractivity contribution >= 4 is 17.0 Å². The lowest BCUT2D eigenvalue weighted by atomic mass is 9.80. The van der Waals surface area contributed by atoms with Crippen LogP contribution in [-0.4, -0.2) is 6.04 Å². The normalized spacial score (nSPS) is 31.8. The molecule has 1 aromatic heterocycles. The van der Waals surface area contributed by atoms with E-state index in [-0.39, 0.29) is 0 Å². The molecule has 19 heavy (non-hydrogen) atoms. The maximum Gasteiger partial charge on any atom is 0.0566 e. The number of hydrogen-bond acceptors (Lipinski definition) is 2. The van der Waals surface area contributed by atoms with Gasteiger partial charge in [-0.05, 0) is 53.8 Å². The molecule has 2 aliphatic rings. The molecule has 1 nitrogen and oxygen atoms in total. The van der Waals surface area contributed by atoms with Gasteiger partial charge in [0.2, 0.25) is 0 Å². The van der Waals surface area contributed by atoms with Crippen LogP contribution in [0.15, 0.2) is 35.0 Å². The average Bonchev–Trinajstić information content (AvgIpc) is 3.02. The number of nitrogens with zero attached hydrogens (tertiary/aromatic N) is 1. The minimum Gasteiger partial charge on any atom is -0.361 e. The Balaban J connectivity index is 1.88. The van der Waals surface area contributed by atoms with Gasteiger partial charge in [-0.25, -0.2) is 0 Å². The molecule has 0 amide bonds. The first-order valence-electron chi connectivity index (χ1n) is 7.03. The van der Waals surface area contributed by atoms with E-state index in [9.17, 15) is 0 Å². The summed E-state index contributed by atoms with van der Waals surface area (Å²) < 4.78 is 0. The van der Waals surface area contributed by atoms with Gasteiger partial charge in [-0.3, -0.25) is 0 Å². The standard InChI is InChI=1S/C17H19NS/c1-11-6-4-5-7-15(11)18-12(2)17(3)8-16(18)13-9-19-10-14(13)17/h4-7,9-10,12,16H,8H2,1-3H3. The SMILES string of the molecule is Cc1ccccc1N1C2CC(C)(c3cscc32)C1C. The molecule has 1 saturated heterocycles. The van der Waals surface area contributed by atoms with Crippen LogP contribution >= 0.6 is 11.3 Å². The number of fused-ring (bicyclic) bond motifs is 5. The Bertz CT molecular complexity index is 644. The molecule has 98 valence electrons. The van der Waals surface area contributed by atoms with Crippen molar-refractivity contribution in [1.29, 1.82) is 0 Å². The summed E-state index contributed by atoms with van der Waals surface area (Å²) in [6, 6.07) is 9.98. The Labute approximate surface area is 118 Å². The van der Waals surface area contributed by atoms with Crippen LogP contribution < -0.4 is 4.90 Å². The quantitative estimate of drug-likeness (QED) is 0.727. The minimum absolute atomic E-state index is 0.336. The second-order valence-electron chi connectivity index (χ2n) is 6.25. The van der Waals surface area contributed by atoms with E-state index in [1.807, 2.05) is 11.3 Å². The van der Waals surface area contributed by atoms with Gasteiger partial charge in [0.25, 0.3) is 0 Å². The van der Waals surface area contributed by atoms with Crippen LogP contribution in [0.3, 0.4) is 0 Å². The summed E-state index contributed by atoms with van der Waals surface area (Å²) in [7, 11) is 0. The molecule has 0 saturated carbocycles. The van der Waals surface area contributed by atoms with Gasteiger partial charge in [0.1, 0.15) is 0 Å². The molecule has 1 aliphatic heterocycles. The average molecular weight is 269 g/mol. The van der Waals surface area contributed by atoms with Crippen molar-refractivity contribution in [1.82, 2.24) is 0 Å². The molecule has 0 N–H and O–H groups in total. The number of para-hydroxylation sites is 1. The van der Waals surface area contributed by atoms with Crippen LogP contribution in [0.5, 0.6) is 0 Å². The Kier molecular flexibility index (Phi) is 2.21. The van der Waals surface area contributed by atoms with E-state index >= 15 is 0 Å². The largest absolute Gasteiger partial charge is 0.361 e. The monoisotopic (exact) mass is 269 g/mol. The highest BCUT2D eigenvalue weighted by molar-refractivity contribution is 7.08. The summed E-state index contributed by atoms with van der Waals surface area (Å²) >= 11 is 1.86. The third-order valence-corrected chi connectivity index (χ3v) is 6.11. The summed E-state index contributed by atoms with van der Waals surface area (Å²) in [4.78, 5) is 2.66. The number of thiophene rings is 1. The van der Waals surface area contributed by atoms with Crippen LogP contribution in [0, 0.1) is 6.92 Å².